The van der Waals surface area contributed by atoms with Gasteiger partial charge in [0.15, 0.2) is 5.82 Å². The van der Waals surface area contributed by atoms with Crippen molar-refractivity contribution < 1.29 is 18.7 Å². The molecule has 3 N–H and O–H groups in total. The summed E-state index contributed by atoms with van der Waals surface area (Å²) in [6, 6.07) is 1.10. The van der Waals surface area contributed by atoms with Crippen LogP contribution < -0.4 is 16.1 Å². The van der Waals surface area contributed by atoms with Crippen LogP contribution >= 0.6 is 0 Å². The maximum absolute atomic E-state index is 15.5. The number of carboxylic acids is 1. The Balaban J connectivity index is 1.66. The van der Waals surface area contributed by atoms with E-state index in [0.717, 1.165) is 38.2 Å². The van der Waals surface area contributed by atoms with Crippen LogP contribution in [-0.4, -0.2) is 34.8 Å². The molecule has 3 aliphatic rings. The smallest absolute Gasteiger partial charge is 0.341 e. The van der Waals surface area contributed by atoms with Crippen LogP contribution in [0.3, 0.4) is 0 Å². The second-order valence-corrected chi connectivity index (χ2v) is 8.39. The first kappa shape index (κ1) is 17.6. The number of carboxylic acid groups (broad SMARTS) is 1. The molecule has 2 heterocycles. The van der Waals surface area contributed by atoms with E-state index < -0.39 is 28.6 Å². The van der Waals surface area contributed by atoms with Crippen LogP contribution in [0.4, 0.5) is 14.5 Å². The average Bonchev–Trinajstić information content (AvgIpc) is 3.56. The molecular formula is C20H21F2N3O3. The van der Waals surface area contributed by atoms with Gasteiger partial charge in [0.05, 0.1) is 10.9 Å². The number of aromatic nitrogens is 1. The minimum atomic E-state index is -1.40. The normalized spacial score (nSPS) is 23.4. The molecule has 2 aliphatic carbocycles. The molecule has 148 valence electrons. The van der Waals surface area contributed by atoms with Crippen molar-refractivity contribution in [2.45, 2.75) is 44.2 Å². The van der Waals surface area contributed by atoms with Gasteiger partial charge < -0.3 is 20.3 Å². The third-order valence-corrected chi connectivity index (χ3v) is 6.68. The zero-order valence-corrected chi connectivity index (χ0v) is 15.3. The van der Waals surface area contributed by atoms with Crippen molar-refractivity contribution in [1.29, 1.82) is 0 Å². The van der Waals surface area contributed by atoms with Crippen molar-refractivity contribution in [2.75, 3.05) is 18.0 Å². The number of rotatable bonds is 3. The Morgan fingerprint density at radius 1 is 1.25 bits per heavy atom. The summed E-state index contributed by atoms with van der Waals surface area (Å²) in [7, 11) is 0. The molecule has 1 spiro atoms. The molecule has 0 amide bonds. The predicted molar refractivity (Wildman–Crippen MR) is 99.8 cm³/mol. The van der Waals surface area contributed by atoms with Crippen molar-refractivity contribution in [3.05, 3.63) is 39.7 Å². The fraction of sp³-hybridized carbons (Fsp3) is 0.500. The fourth-order valence-corrected chi connectivity index (χ4v) is 4.64. The number of aromatic carboxylic acids is 1. The number of fused-ring (bicyclic) bond motifs is 1. The minimum Gasteiger partial charge on any atom is -0.477 e. The number of benzene rings is 1. The van der Waals surface area contributed by atoms with Gasteiger partial charge in [0.25, 0.3) is 0 Å². The predicted octanol–water partition coefficient (Wildman–Crippen LogP) is 2.63. The monoisotopic (exact) mass is 389 g/mol. The number of hydrogen-bond donors (Lipinski definition) is 2. The number of carbonyl (C=O) groups is 1. The lowest BCUT2D eigenvalue weighted by Gasteiger charge is -2.34. The van der Waals surface area contributed by atoms with Gasteiger partial charge in [-0.2, -0.15) is 0 Å². The number of piperidine rings is 1. The summed E-state index contributed by atoms with van der Waals surface area (Å²) >= 11 is 0. The summed E-state index contributed by atoms with van der Waals surface area (Å²) in [4.78, 5) is 25.6. The highest BCUT2D eigenvalue weighted by molar-refractivity contribution is 5.94. The standard InChI is InChI=1S/C20H21F2N3O3/c21-13-7-11-16(25(10-1-2-10)9-12(18(11)26)19(27)28)15(22)17(13)24-5-3-20(4-6-24)8-14(20)23/h7,9-10,14H,1-6,8,23H2,(H,27,28). The second-order valence-electron chi connectivity index (χ2n) is 8.39. The highest BCUT2D eigenvalue weighted by Crippen LogP contribution is 2.53. The summed E-state index contributed by atoms with van der Waals surface area (Å²) in [5.74, 6) is -3.01. The van der Waals surface area contributed by atoms with Crippen molar-refractivity contribution in [1.82, 2.24) is 4.57 Å². The highest BCUT2D eigenvalue weighted by Gasteiger charge is 2.53. The van der Waals surface area contributed by atoms with E-state index in [1.165, 1.54) is 10.8 Å². The van der Waals surface area contributed by atoms with E-state index in [9.17, 15) is 19.1 Å². The van der Waals surface area contributed by atoms with Gasteiger partial charge in [0, 0.05) is 31.4 Å². The first-order valence-electron chi connectivity index (χ1n) is 9.63. The van der Waals surface area contributed by atoms with Crippen LogP contribution in [0.25, 0.3) is 10.9 Å². The molecule has 0 bridgehead atoms. The van der Waals surface area contributed by atoms with Gasteiger partial charge in [-0.3, -0.25) is 4.79 Å². The van der Waals surface area contributed by atoms with Gasteiger partial charge in [-0.05, 0) is 43.6 Å². The Morgan fingerprint density at radius 2 is 1.89 bits per heavy atom. The van der Waals surface area contributed by atoms with E-state index in [4.69, 9.17) is 5.73 Å². The zero-order chi connectivity index (χ0) is 19.8. The molecule has 28 heavy (non-hydrogen) atoms. The molecular weight excluding hydrogens is 368 g/mol. The Morgan fingerprint density at radius 3 is 2.43 bits per heavy atom. The highest BCUT2D eigenvalue weighted by atomic mass is 19.1. The number of halogens is 2. The molecule has 5 rings (SSSR count). The molecule has 3 fully saturated rings. The third-order valence-electron chi connectivity index (χ3n) is 6.68. The summed E-state index contributed by atoms with van der Waals surface area (Å²) in [6.07, 6.45) is 5.28. The molecule has 1 aliphatic heterocycles. The maximum Gasteiger partial charge on any atom is 0.341 e. The van der Waals surface area contributed by atoms with Gasteiger partial charge in [0.2, 0.25) is 5.43 Å². The van der Waals surface area contributed by atoms with E-state index >= 15 is 4.39 Å². The number of hydrogen-bond acceptors (Lipinski definition) is 4. The van der Waals surface area contributed by atoms with Gasteiger partial charge in [-0.25, -0.2) is 13.6 Å². The number of nitrogens with zero attached hydrogens (tertiary/aromatic N) is 2. The van der Waals surface area contributed by atoms with E-state index in [2.05, 4.69) is 0 Å². The van der Waals surface area contributed by atoms with Crippen LogP contribution in [0.15, 0.2) is 17.1 Å². The number of pyridine rings is 1. The lowest BCUT2D eigenvalue weighted by Crippen LogP contribution is -2.37. The number of nitrogens with two attached hydrogens (primary N) is 1. The molecule has 1 aromatic heterocycles. The van der Waals surface area contributed by atoms with E-state index in [-0.39, 0.29) is 34.1 Å². The van der Waals surface area contributed by atoms with Crippen molar-refractivity contribution >= 4 is 22.6 Å². The first-order chi connectivity index (χ1) is 13.3. The van der Waals surface area contributed by atoms with Gasteiger partial charge in [-0.15, -0.1) is 0 Å². The first-order valence-corrected chi connectivity index (χ1v) is 9.63. The van der Waals surface area contributed by atoms with Crippen molar-refractivity contribution in [3.63, 3.8) is 0 Å². The van der Waals surface area contributed by atoms with Crippen molar-refractivity contribution in [2.24, 2.45) is 11.1 Å². The second kappa shape index (κ2) is 5.76. The molecule has 2 aromatic rings. The van der Waals surface area contributed by atoms with Crippen molar-refractivity contribution in [3.8, 4) is 0 Å². The van der Waals surface area contributed by atoms with Crippen LogP contribution in [0, 0.1) is 17.0 Å². The van der Waals surface area contributed by atoms with E-state index in [0.29, 0.717) is 13.1 Å². The topological polar surface area (TPSA) is 88.6 Å². The Kier molecular flexibility index (Phi) is 3.62. The summed E-state index contributed by atoms with van der Waals surface area (Å²) in [5.41, 5.74) is 4.68. The largest absolute Gasteiger partial charge is 0.477 e. The van der Waals surface area contributed by atoms with Crippen LogP contribution in [-0.2, 0) is 0 Å². The summed E-state index contributed by atoms with van der Waals surface area (Å²) in [6.45, 7) is 1.02. The third kappa shape index (κ3) is 2.47. The molecule has 0 radical (unpaired) electrons. The van der Waals surface area contributed by atoms with Gasteiger partial charge >= 0.3 is 5.97 Å². The molecule has 1 saturated heterocycles. The van der Waals surface area contributed by atoms with Crippen LogP contribution in [0.5, 0.6) is 0 Å². The zero-order valence-electron chi connectivity index (χ0n) is 15.3. The quantitative estimate of drug-likeness (QED) is 0.843. The summed E-state index contributed by atoms with van der Waals surface area (Å²) < 4.78 is 32.0. The van der Waals surface area contributed by atoms with Gasteiger partial charge in [0.1, 0.15) is 17.1 Å². The SMILES string of the molecule is NC1CC12CCN(c1c(F)cc3c(=O)c(C(=O)O)cn(C4CC4)c3c1F)CC2. The molecule has 1 atom stereocenters. The van der Waals surface area contributed by atoms with E-state index in [1.54, 1.807) is 4.90 Å². The Hall–Kier alpha value is -2.48. The Labute approximate surface area is 159 Å². The lowest BCUT2D eigenvalue weighted by atomic mass is 9.92. The van der Waals surface area contributed by atoms with E-state index in [1.807, 2.05) is 0 Å². The van der Waals surface area contributed by atoms with Crippen LogP contribution in [0.2, 0.25) is 0 Å². The lowest BCUT2D eigenvalue weighted by molar-refractivity contribution is 0.0695. The molecule has 6 nitrogen and oxygen atoms in total. The average molecular weight is 389 g/mol. The number of anilines is 1. The molecule has 2 saturated carbocycles. The molecule has 1 aromatic carbocycles. The van der Waals surface area contributed by atoms with Gasteiger partial charge in [-0.1, -0.05) is 0 Å². The maximum atomic E-state index is 15.5. The molecule has 1 unspecified atom stereocenters. The fourth-order valence-electron chi connectivity index (χ4n) is 4.64. The summed E-state index contributed by atoms with van der Waals surface area (Å²) in [5, 5.41) is 9.09. The van der Waals surface area contributed by atoms with Crippen LogP contribution in [0.1, 0.15) is 48.5 Å². The Bertz CT molecular complexity index is 1070. The molecule has 8 heteroatoms. The minimum absolute atomic E-state index is 0.00249.